The van der Waals surface area contributed by atoms with Crippen LogP contribution in [-0.2, 0) is 0 Å². The van der Waals surface area contributed by atoms with Crippen molar-refractivity contribution in [1.29, 1.82) is 5.26 Å². The van der Waals surface area contributed by atoms with Gasteiger partial charge < -0.3 is 4.98 Å². The van der Waals surface area contributed by atoms with Gasteiger partial charge in [-0.3, -0.25) is 10.1 Å². The fraction of sp³-hybridized carbons (Fsp3) is 0. The molecule has 5 nitrogen and oxygen atoms in total. The third-order valence-corrected chi connectivity index (χ3v) is 2.00. The van der Waals surface area contributed by atoms with Gasteiger partial charge in [-0.2, -0.15) is 5.26 Å². The molecule has 68 valence electrons. The average Bonchev–Trinajstić information content (AvgIpc) is 2.59. The first-order chi connectivity index (χ1) is 6.72. The molecule has 1 N–H and O–H groups in total. The van der Waals surface area contributed by atoms with Gasteiger partial charge in [-0.15, -0.1) is 0 Å². The molecule has 0 radical (unpaired) electrons. The van der Waals surface area contributed by atoms with Crippen LogP contribution in [0.15, 0.2) is 24.4 Å². The van der Waals surface area contributed by atoms with E-state index in [-0.39, 0.29) is 5.69 Å². The number of aromatic nitrogens is 1. The Labute approximate surface area is 78.7 Å². The fourth-order valence-electron chi connectivity index (χ4n) is 1.32. The van der Waals surface area contributed by atoms with E-state index in [1.54, 1.807) is 12.3 Å². The van der Waals surface area contributed by atoms with Crippen molar-refractivity contribution < 1.29 is 4.92 Å². The summed E-state index contributed by atoms with van der Waals surface area (Å²) in [5.41, 5.74) is 0.345. The molecule has 0 spiro atoms. The second-order valence-electron chi connectivity index (χ2n) is 2.80. The SMILES string of the molecule is N#Cc1[nH]cc2ccc([N+](=O)[O-])cc12. The number of benzene rings is 1. The van der Waals surface area contributed by atoms with Crippen LogP contribution in [0.1, 0.15) is 5.69 Å². The summed E-state index contributed by atoms with van der Waals surface area (Å²) in [6, 6.07) is 6.36. The van der Waals surface area contributed by atoms with Gasteiger partial charge in [0, 0.05) is 29.1 Å². The van der Waals surface area contributed by atoms with Crippen molar-refractivity contribution in [3.05, 3.63) is 40.2 Å². The van der Waals surface area contributed by atoms with E-state index in [4.69, 9.17) is 5.26 Å². The van der Waals surface area contributed by atoms with Crippen molar-refractivity contribution in [3.8, 4) is 6.07 Å². The van der Waals surface area contributed by atoms with Gasteiger partial charge in [0.2, 0.25) is 0 Å². The molecule has 0 bridgehead atoms. The quantitative estimate of drug-likeness (QED) is 0.547. The lowest BCUT2D eigenvalue weighted by Crippen LogP contribution is -1.86. The Balaban J connectivity index is 2.75. The van der Waals surface area contributed by atoms with Crippen LogP contribution >= 0.6 is 0 Å². The largest absolute Gasteiger partial charge is 0.352 e. The fourth-order valence-corrected chi connectivity index (χ4v) is 1.32. The number of hydrogen-bond acceptors (Lipinski definition) is 3. The molecule has 0 aliphatic rings. The summed E-state index contributed by atoms with van der Waals surface area (Å²) in [5.74, 6) is 0. The molecule has 14 heavy (non-hydrogen) atoms. The Morgan fingerprint density at radius 2 is 2.29 bits per heavy atom. The molecule has 2 rings (SSSR count). The summed E-state index contributed by atoms with van der Waals surface area (Å²) in [4.78, 5) is 12.7. The number of nitro benzene ring substituents is 1. The number of hydrogen-bond donors (Lipinski definition) is 1. The average molecular weight is 187 g/mol. The van der Waals surface area contributed by atoms with Crippen molar-refractivity contribution in [2.75, 3.05) is 0 Å². The molecular weight excluding hydrogens is 182 g/mol. The van der Waals surface area contributed by atoms with Crippen molar-refractivity contribution >= 4 is 16.5 Å². The maximum Gasteiger partial charge on any atom is 0.270 e. The lowest BCUT2D eigenvalue weighted by atomic mass is 10.2. The molecule has 0 unspecified atom stereocenters. The van der Waals surface area contributed by atoms with E-state index in [0.29, 0.717) is 11.1 Å². The Kier molecular flexibility index (Phi) is 1.68. The normalized spacial score (nSPS) is 9.93. The molecule has 0 amide bonds. The van der Waals surface area contributed by atoms with E-state index in [1.165, 1.54) is 12.1 Å². The number of aromatic amines is 1. The van der Waals surface area contributed by atoms with E-state index in [1.807, 2.05) is 6.07 Å². The minimum absolute atomic E-state index is 0.00593. The molecule has 1 aromatic heterocycles. The monoisotopic (exact) mass is 187 g/mol. The van der Waals surface area contributed by atoms with Gasteiger partial charge in [-0.05, 0) is 6.07 Å². The Morgan fingerprint density at radius 3 is 2.93 bits per heavy atom. The molecule has 1 aromatic carbocycles. The molecule has 5 heteroatoms. The highest BCUT2D eigenvalue weighted by Gasteiger charge is 2.09. The van der Waals surface area contributed by atoms with Crippen LogP contribution in [0, 0.1) is 21.4 Å². The predicted octanol–water partition coefficient (Wildman–Crippen LogP) is 1.95. The third kappa shape index (κ3) is 1.10. The van der Waals surface area contributed by atoms with Crippen LogP contribution in [0.4, 0.5) is 5.69 Å². The summed E-state index contributed by atoms with van der Waals surface area (Å²) in [7, 11) is 0. The number of H-pyrrole nitrogens is 1. The third-order valence-electron chi connectivity index (χ3n) is 2.00. The maximum atomic E-state index is 10.5. The van der Waals surface area contributed by atoms with Crippen LogP contribution in [0.2, 0.25) is 0 Å². The van der Waals surface area contributed by atoms with E-state index in [0.717, 1.165) is 5.39 Å². The van der Waals surface area contributed by atoms with Gasteiger partial charge in [-0.1, -0.05) is 0 Å². The number of nitriles is 1. The van der Waals surface area contributed by atoms with Gasteiger partial charge in [0.1, 0.15) is 11.8 Å². The number of non-ortho nitro benzene ring substituents is 1. The number of nitrogens with zero attached hydrogens (tertiary/aromatic N) is 2. The van der Waals surface area contributed by atoms with Crippen molar-refractivity contribution in [1.82, 2.24) is 4.98 Å². The number of rotatable bonds is 1. The summed E-state index contributed by atoms with van der Waals surface area (Å²) < 4.78 is 0. The number of fused-ring (bicyclic) bond motifs is 1. The van der Waals surface area contributed by atoms with E-state index in [9.17, 15) is 10.1 Å². The van der Waals surface area contributed by atoms with Crippen LogP contribution in [-0.4, -0.2) is 9.91 Å². The van der Waals surface area contributed by atoms with Gasteiger partial charge in [0.15, 0.2) is 0 Å². The Bertz CT molecular complexity index is 551. The summed E-state index contributed by atoms with van der Waals surface area (Å²) >= 11 is 0. The minimum atomic E-state index is -0.479. The molecule has 0 aliphatic heterocycles. The zero-order valence-corrected chi connectivity index (χ0v) is 7.02. The van der Waals surface area contributed by atoms with Crippen molar-refractivity contribution in [2.24, 2.45) is 0 Å². The van der Waals surface area contributed by atoms with Crippen LogP contribution < -0.4 is 0 Å². The summed E-state index contributed by atoms with van der Waals surface area (Å²) in [5, 5.41) is 20.6. The highest BCUT2D eigenvalue weighted by molar-refractivity contribution is 5.89. The predicted molar refractivity (Wildman–Crippen MR) is 49.7 cm³/mol. The van der Waals surface area contributed by atoms with E-state index in [2.05, 4.69) is 4.98 Å². The van der Waals surface area contributed by atoms with Gasteiger partial charge in [-0.25, -0.2) is 0 Å². The molecule has 0 fully saturated rings. The van der Waals surface area contributed by atoms with Crippen molar-refractivity contribution in [3.63, 3.8) is 0 Å². The first-order valence-electron chi connectivity index (χ1n) is 3.88. The highest BCUT2D eigenvalue weighted by atomic mass is 16.6. The lowest BCUT2D eigenvalue weighted by Gasteiger charge is -1.91. The molecule has 0 saturated heterocycles. The highest BCUT2D eigenvalue weighted by Crippen LogP contribution is 2.22. The summed E-state index contributed by atoms with van der Waals surface area (Å²) in [6.45, 7) is 0. The zero-order valence-electron chi connectivity index (χ0n) is 7.02. The van der Waals surface area contributed by atoms with Crippen LogP contribution in [0.25, 0.3) is 10.8 Å². The van der Waals surface area contributed by atoms with E-state index >= 15 is 0 Å². The second-order valence-corrected chi connectivity index (χ2v) is 2.80. The smallest absolute Gasteiger partial charge is 0.270 e. The minimum Gasteiger partial charge on any atom is -0.352 e. The van der Waals surface area contributed by atoms with Crippen LogP contribution in [0.3, 0.4) is 0 Å². The molecular formula is C9H5N3O2. The maximum absolute atomic E-state index is 10.5. The summed E-state index contributed by atoms with van der Waals surface area (Å²) in [6.07, 6.45) is 1.65. The second kappa shape index (κ2) is 2.85. The molecule has 0 aliphatic carbocycles. The first-order valence-corrected chi connectivity index (χ1v) is 3.88. The number of nitrogens with one attached hydrogen (secondary N) is 1. The standard InChI is InChI=1S/C9H5N3O2/c10-4-9-8-3-7(12(13)14)2-1-6(8)5-11-9/h1-3,5,11H. The molecule has 2 aromatic rings. The van der Waals surface area contributed by atoms with Gasteiger partial charge >= 0.3 is 0 Å². The molecule has 0 saturated carbocycles. The molecule has 1 heterocycles. The van der Waals surface area contributed by atoms with Gasteiger partial charge in [0.05, 0.1) is 4.92 Å². The van der Waals surface area contributed by atoms with Crippen LogP contribution in [0.5, 0.6) is 0 Å². The van der Waals surface area contributed by atoms with Crippen molar-refractivity contribution in [2.45, 2.75) is 0 Å². The first kappa shape index (κ1) is 8.26. The lowest BCUT2D eigenvalue weighted by molar-refractivity contribution is -0.384. The number of nitro groups is 1. The van der Waals surface area contributed by atoms with Gasteiger partial charge in [0.25, 0.3) is 5.69 Å². The zero-order chi connectivity index (χ0) is 10.1. The topological polar surface area (TPSA) is 82.7 Å². The molecule has 0 atom stereocenters. The Hall–Kier alpha value is -2.35. The van der Waals surface area contributed by atoms with E-state index < -0.39 is 4.92 Å². The Morgan fingerprint density at radius 1 is 1.50 bits per heavy atom.